The van der Waals surface area contributed by atoms with Crippen LogP contribution in [0, 0.1) is 0 Å². The smallest absolute Gasteiger partial charge is 0.326 e. The van der Waals surface area contributed by atoms with E-state index < -0.39 is 66.9 Å². The highest BCUT2D eigenvalue weighted by atomic mass is 16.4. The standard InChI is InChI=1S/C20H38N6O8/c21-9-3-1-5-13(24-17(30)12(23)11-27)18(31)25-14(7-8-16(28)29)19(32)26-15(20(33)34)6-2-4-10-22/h12-15,27H,1-11,21-23H2,(H,24,30)(H,25,31)(H,26,32)(H,28,29)(H,33,34). The van der Waals surface area contributed by atoms with E-state index in [1.807, 2.05) is 0 Å². The number of carboxylic acid groups (broad SMARTS) is 2. The van der Waals surface area contributed by atoms with E-state index in [4.69, 9.17) is 27.4 Å². The minimum Gasteiger partial charge on any atom is -0.481 e. The first-order valence-electron chi connectivity index (χ1n) is 11.2. The highest BCUT2D eigenvalue weighted by Crippen LogP contribution is 2.07. The van der Waals surface area contributed by atoms with Crippen molar-refractivity contribution in [2.24, 2.45) is 17.2 Å². The molecular weight excluding hydrogens is 452 g/mol. The van der Waals surface area contributed by atoms with Gasteiger partial charge in [-0.25, -0.2) is 4.79 Å². The van der Waals surface area contributed by atoms with Gasteiger partial charge in [-0.05, 0) is 58.0 Å². The van der Waals surface area contributed by atoms with Crippen molar-refractivity contribution in [3.8, 4) is 0 Å². The third kappa shape index (κ3) is 13.0. The van der Waals surface area contributed by atoms with Crippen LogP contribution in [-0.2, 0) is 24.0 Å². The Morgan fingerprint density at radius 2 is 1.12 bits per heavy atom. The van der Waals surface area contributed by atoms with Crippen molar-refractivity contribution in [2.75, 3.05) is 19.7 Å². The van der Waals surface area contributed by atoms with E-state index in [9.17, 15) is 29.1 Å². The first kappa shape index (κ1) is 31.2. The fraction of sp³-hybridized carbons (Fsp3) is 0.750. The number of unbranched alkanes of at least 4 members (excludes halogenated alkanes) is 2. The van der Waals surface area contributed by atoms with E-state index >= 15 is 0 Å². The summed E-state index contributed by atoms with van der Waals surface area (Å²) in [4.78, 5) is 60.2. The van der Waals surface area contributed by atoms with Crippen LogP contribution in [0.5, 0.6) is 0 Å². The molecule has 0 bridgehead atoms. The summed E-state index contributed by atoms with van der Waals surface area (Å²) in [6.07, 6.45) is 1.49. The molecule has 196 valence electrons. The van der Waals surface area contributed by atoms with Gasteiger partial charge >= 0.3 is 11.9 Å². The van der Waals surface area contributed by atoms with Crippen molar-refractivity contribution in [1.82, 2.24) is 16.0 Å². The van der Waals surface area contributed by atoms with Crippen LogP contribution in [0.15, 0.2) is 0 Å². The average Bonchev–Trinajstić information content (AvgIpc) is 2.79. The normalized spacial score (nSPS) is 14.4. The zero-order valence-electron chi connectivity index (χ0n) is 19.2. The molecule has 4 unspecified atom stereocenters. The summed E-state index contributed by atoms with van der Waals surface area (Å²) in [5, 5.41) is 34.5. The summed E-state index contributed by atoms with van der Waals surface area (Å²) in [5.41, 5.74) is 16.3. The highest BCUT2D eigenvalue weighted by Gasteiger charge is 2.30. The van der Waals surface area contributed by atoms with Crippen molar-refractivity contribution >= 4 is 29.7 Å². The number of amides is 3. The first-order chi connectivity index (χ1) is 16.1. The maximum atomic E-state index is 12.9. The van der Waals surface area contributed by atoms with Gasteiger partial charge < -0.3 is 48.5 Å². The van der Waals surface area contributed by atoms with E-state index in [-0.39, 0.29) is 19.3 Å². The lowest BCUT2D eigenvalue weighted by molar-refractivity contribution is -0.143. The fourth-order valence-electron chi connectivity index (χ4n) is 2.95. The number of aliphatic carboxylic acids is 2. The lowest BCUT2D eigenvalue weighted by atomic mass is 10.0. The average molecular weight is 491 g/mol. The van der Waals surface area contributed by atoms with Gasteiger partial charge in [-0.15, -0.1) is 0 Å². The Kier molecular flexibility index (Phi) is 16.2. The van der Waals surface area contributed by atoms with Gasteiger partial charge in [0.25, 0.3) is 0 Å². The van der Waals surface area contributed by atoms with Crippen molar-refractivity contribution in [3.63, 3.8) is 0 Å². The molecule has 34 heavy (non-hydrogen) atoms. The van der Waals surface area contributed by atoms with Crippen LogP contribution < -0.4 is 33.2 Å². The van der Waals surface area contributed by atoms with Gasteiger partial charge in [-0.1, -0.05) is 0 Å². The lowest BCUT2D eigenvalue weighted by Crippen LogP contribution is -2.57. The highest BCUT2D eigenvalue weighted by molar-refractivity contribution is 5.94. The quantitative estimate of drug-likeness (QED) is 0.0822. The number of rotatable bonds is 19. The largest absolute Gasteiger partial charge is 0.481 e. The van der Waals surface area contributed by atoms with E-state index in [0.29, 0.717) is 38.8 Å². The molecule has 0 fully saturated rings. The summed E-state index contributed by atoms with van der Waals surface area (Å²) in [7, 11) is 0. The van der Waals surface area contributed by atoms with E-state index in [0.717, 1.165) is 0 Å². The summed E-state index contributed by atoms with van der Waals surface area (Å²) in [5.74, 6) is -4.93. The summed E-state index contributed by atoms with van der Waals surface area (Å²) < 4.78 is 0. The Morgan fingerprint density at radius 1 is 0.676 bits per heavy atom. The molecule has 0 saturated heterocycles. The molecule has 0 spiro atoms. The molecule has 0 aliphatic carbocycles. The van der Waals surface area contributed by atoms with Gasteiger partial charge in [-0.2, -0.15) is 0 Å². The molecular formula is C20H38N6O8. The molecule has 3 amide bonds. The summed E-state index contributed by atoms with van der Waals surface area (Å²) in [6.45, 7) is 0.0605. The molecule has 14 nitrogen and oxygen atoms in total. The van der Waals surface area contributed by atoms with Crippen molar-refractivity contribution in [1.29, 1.82) is 0 Å². The number of carbonyl (C=O) groups is 5. The van der Waals surface area contributed by atoms with Gasteiger partial charge in [-0.3, -0.25) is 19.2 Å². The number of carboxylic acids is 2. The number of aliphatic hydroxyl groups is 1. The SMILES string of the molecule is NCCCCC(NC(=O)C(CCC(=O)O)NC(=O)C(CCCCN)NC(=O)C(N)CO)C(=O)O. The second-order valence-electron chi connectivity index (χ2n) is 7.81. The maximum Gasteiger partial charge on any atom is 0.326 e. The summed E-state index contributed by atoms with van der Waals surface area (Å²) in [6, 6.07) is -5.00. The third-order valence-electron chi connectivity index (χ3n) is 4.95. The zero-order valence-corrected chi connectivity index (χ0v) is 19.2. The Morgan fingerprint density at radius 3 is 1.56 bits per heavy atom. The van der Waals surface area contributed by atoms with E-state index in [2.05, 4.69) is 16.0 Å². The fourth-order valence-corrected chi connectivity index (χ4v) is 2.95. The molecule has 0 aliphatic heterocycles. The van der Waals surface area contributed by atoms with Crippen LogP contribution in [0.3, 0.4) is 0 Å². The summed E-state index contributed by atoms with van der Waals surface area (Å²) >= 11 is 0. The minimum absolute atomic E-state index is 0.106. The monoisotopic (exact) mass is 490 g/mol. The van der Waals surface area contributed by atoms with Crippen molar-refractivity contribution in [3.05, 3.63) is 0 Å². The Hall–Kier alpha value is -2.81. The van der Waals surface area contributed by atoms with Crippen LogP contribution in [0.25, 0.3) is 0 Å². The second-order valence-corrected chi connectivity index (χ2v) is 7.81. The predicted octanol–water partition coefficient (Wildman–Crippen LogP) is -3.03. The van der Waals surface area contributed by atoms with Crippen LogP contribution in [0.1, 0.15) is 51.4 Å². The van der Waals surface area contributed by atoms with Gasteiger partial charge in [0.05, 0.1) is 6.61 Å². The Balaban J connectivity index is 5.47. The molecule has 0 aromatic rings. The molecule has 0 saturated carbocycles. The number of nitrogens with one attached hydrogen (secondary N) is 3. The van der Waals surface area contributed by atoms with E-state index in [1.165, 1.54) is 0 Å². The molecule has 0 aromatic carbocycles. The number of carbonyl (C=O) groups excluding carboxylic acids is 3. The Labute approximate surface area is 198 Å². The molecule has 0 rings (SSSR count). The van der Waals surface area contributed by atoms with Gasteiger partial charge in [0.15, 0.2) is 0 Å². The Bertz CT molecular complexity index is 677. The predicted molar refractivity (Wildman–Crippen MR) is 121 cm³/mol. The minimum atomic E-state index is -1.36. The molecule has 0 radical (unpaired) electrons. The molecule has 0 aliphatic rings. The molecule has 14 heteroatoms. The van der Waals surface area contributed by atoms with Crippen LogP contribution in [0.2, 0.25) is 0 Å². The molecule has 0 heterocycles. The molecule has 4 atom stereocenters. The number of hydrogen-bond donors (Lipinski definition) is 9. The third-order valence-corrected chi connectivity index (χ3v) is 4.95. The number of nitrogens with two attached hydrogens (primary N) is 3. The topological polar surface area (TPSA) is 260 Å². The van der Waals surface area contributed by atoms with E-state index in [1.54, 1.807) is 0 Å². The number of hydrogen-bond acceptors (Lipinski definition) is 9. The van der Waals surface area contributed by atoms with Crippen LogP contribution in [-0.4, -0.2) is 88.8 Å². The van der Waals surface area contributed by atoms with Gasteiger partial charge in [0, 0.05) is 6.42 Å². The molecule has 12 N–H and O–H groups in total. The van der Waals surface area contributed by atoms with Crippen molar-refractivity contribution < 1.29 is 39.3 Å². The van der Waals surface area contributed by atoms with Crippen LogP contribution in [0.4, 0.5) is 0 Å². The zero-order chi connectivity index (χ0) is 26.1. The maximum absolute atomic E-state index is 12.9. The first-order valence-corrected chi connectivity index (χ1v) is 11.2. The second kappa shape index (κ2) is 17.6. The lowest BCUT2D eigenvalue weighted by Gasteiger charge is -2.25. The van der Waals surface area contributed by atoms with Crippen LogP contribution >= 0.6 is 0 Å². The van der Waals surface area contributed by atoms with Gasteiger partial charge in [0.1, 0.15) is 24.2 Å². The van der Waals surface area contributed by atoms with Crippen molar-refractivity contribution in [2.45, 2.75) is 75.5 Å². The van der Waals surface area contributed by atoms with Gasteiger partial charge in [0.2, 0.25) is 17.7 Å². The number of aliphatic hydroxyl groups excluding tert-OH is 1. The molecule has 0 aromatic heterocycles.